The van der Waals surface area contributed by atoms with E-state index in [1.807, 2.05) is 18.5 Å². The van der Waals surface area contributed by atoms with Crippen molar-refractivity contribution in [2.45, 2.75) is 46.6 Å². The number of nitrogens with zero attached hydrogens (tertiary/aromatic N) is 2. The average Bonchev–Trinajstić information content (AvgIpc) is 2.60. The van der Waals surface area contributed by atoms with Crippen LogP contribution in [0.4, 0.5) is 0 Å². The molecule has 0 aliphatic carbocycles. The molecule has 6 nitrogen and oxygen atoms in total. The van der Waals surface area contributed by atoms with Crippen LogP contribution in [0.1, 0.15) is 47.9 Å². The van der Waals surface area contributed by atoms with Crippen LogP contribution in [-0.2, 0) is 11.3 Å². The lowest BCUT2D eigenvalue weighted by atomic mass is 10.2. The number of rotatable bonds is 7. The Morgan fingerprint density at radius 2 is 2.05 bits per heavy atom. The van der Waals surface area contributed by atoms with Crippen LogP contribution in [0.25, 0.3) is 0 Å². The topological polar surface area (TPSA) is 84.2 Å². The third-order valence-electron chi connectivity index (χ3n) is 2.90. The van der Waals surface area contributed by atoms with Crippen molar-refractivity contribution in [2.24, 2.45) is 0 Å². The van der Waals surface area contributed by atoms with Gasteiger partial charge >= 0.3 is 5.97 Å². The lowest BCUT2D eigenvalue weighted by molar-refractivity contribution is -0.137. The molecule has 0 bridgehead atoms. The molecule has 2 N–H and O–H groups in total. The second kappa shape index (κ2) is 6.92. The summed E-state index contributed by atoms with van der Waals surface area (Å²) >= 11 is 0. The van der Waals surface area contributed by atoms with Gasteiger partial charge in [0.25, 0.3) is 5.91 Å². The predicted octanol–water partition coefficient (Wildman–Crippen LogP) is 1.50. The van der Waals surface area contributed by atoms with Gasteiger partial charge in [-0.2, -0.15) is 5.10 Å². The smallest absolute Gasteiger partial charge is 0.303 e. The molecule has 0 radical (unpaired) electrons. The van der Waals surface area contributed by atoms with Crippen LogP contribution in [0.2, 0.25) is 0 Å². The lowest BCUT2D eigenvalue weighted by Crippen LogP contribution is -2.26. The van der Waals surface area contributed by atoms with E-state index < -0.39 is 5.97 Å². The van der Waals surface area contributed by atoms with Crippen molar-refractivity contribution < 1.29 is 14.7 Å². The van der Waals surface area contributed by atoms with E-state index in [1.165, 1.54) is 0 Å². The minimum Gasteiger partial charge on any atom is -0.481 e. The van der Waals surface area contributed by atoms with Gasteiger partial charge in [0.05, 0.1) is 11.3 Å². The Bertz CT molecular complexity index is 466. The first-order valence-corrected chi connectivity index (χ1v) is 6.51. The number of aromatic nitrogens is 2. The third kappa shape index (κ3) is 4.08. The van der Waals surface area contributed by atoms with Crippen molar-refractivity contribution >= 4 is 11.9 Å². The molecule has 0 saturated heterocycles. The Kier molecular flexibility index (Phi) is 5.54. The highest BCUT2D eigenvalue weighted by molar-refractivity contribution is 5.96. The summed E-state index contributed by atoms with van der Waals surface area (Å²) in [4.78, 5) is 22.4. The monoisotopic (exact) mass is 267 g/mol. The van der Waals surface area contributed by atoms with Crippen LogP contribution in [0.15, 0.2) is 0 Å². The summed E-state index contributed by atoms with van der Waals surface area (Å²) in [5, 5.41) is 15.6. The van der Waals surface area contributed by atoms with Crippen molar-refractivity contribution in [1.82, 2.24) is 15.1 Å². The molecular weight excluding hydrogens is 246 g/mol. The average molecular weight is 267 g/mol. The maximum atomic E-state index is 12.0. The maximum absolute atomic E-state index is 12.0. The van der Waals surface area contributed by atoms with Gasteiger partial charge in [0.2, 0.25) is 0 Å². The summed E-state index contributed by atoms with van der Waals surface area (Å²) < 4.78 is 1.83. The lowest BCUT2D eigenvalue weighted by Gasteiger charge is -2.05. The molecule has 106 valence electrons. The molecule has 0 fully saturated rings. The Balaban J connectivity index is 2.64. The van der Waals surface area contributed by atoms with Crippen molar-refractivity contribution in [2.75, 3.05) is 6.54 Å². The van der Waals surface area contributed by atoms with Gasteiger partial charge in [-0.25, -0.2) is 0 Å². The van der Waals surface area contributed by atoms with Gasteiger partial charge in [-0.05, 0) is 26.7 Å². The maximum Gasteiger partial charge on any atom is 0.303 e. The summed E-state index contributed by atoms with van der Waals surface area (Å²) in [5.74, 6) is -1.03. The van der Waals surface area contributed by atoms with Crippen molar-refractivity contribution in [1.29, 1.82) is 0 Å². The normalized spacial score (nSPS) is 10.5. The summed E-state index contributed by atoms with van der Waals surface area (Å²) in [6.45, 7) is 6.90. The SMILES string of the molecule is CCCn1nc(C)c(C(=O)NCCCC(=O)O)c1C. The van der Waals surface area contributed by atoms with Gasteiger partial charge in [-0.3, -0.25) is 14.3 Å². The zero-order chi connectivity index (χ0) is 14.4. The van der Waals surface area contributed by atoms with E-state index in [-0.39, 0.29) is 12.3 Å². The predicted molar refractivity (Wildman–Crippen MR) is 71.2 cm³/mol. The number of aliphatic carboxylic acids is 1. The second-order valence-electron chi connectivity index (χ2n) is 4.52. The first-order valence-electron chi connectivity index (χ1n) is 6.51. The van der Waals surface area contributed by atoms with Gasteiger partial charge in [0.1, 0.15) is 0 Å². The Hall–Kier alpha value is -1.85. The standard InChI is InChI=1S/C13H21N3O3/c1-4-8-16-10(3)12(9(2)15-16)13(19)14-7-5-6-11(17)18/h4-8H2,1-3H3,(H,14,19)(H,17,18). The minimum absolute atomic E-state index is 0.0628. The van der Waals surface area contributed by atoms with Crippen LogP contribution in [0, 0.1) is 13.8 Å². The molecule has 0 saturated carbocycles. The molecule has 0 unspecified atom stereocenters. The van der Waals surface area contributed by atoms with Gasteiger partial charge < -0.3 is 10.4 Å². The van der Waals surface area contributed by atoms with E-state index in [0.29, 0.717) is 24.2 Å². The molecule has 19 heavy (non-hydrogen) atoms. The van der Waals surface area contributed by atoms with Crippen LogP contribution in [-0.4, -0.2) is 33.3 Å². The van der Waals surface area contributed by atoms with E-state index in [0.717, 1.165) is 18.7 Å². The molecule has 0 spiro atoms. The van der Waals surface area contributed by atoms with E-state index in [9.17, 15) is 9.59 Å². The van der Waals surface area contributed by atoms with Crippen molar-refractivity contribution in [3.63, 3.8) is 0 Å². The van der Waals surface area contributed by atoms with E-state index in [4.69, 9.17) is 5.11 Å². The highest BCUT2D eigenvalue weighted by atomic mass is 16.4. The highest BCUT2D eigenvalue weighted by Gasteiger charge is 2.17. The number of carboxylic acids is 1. The van der Waals surface area contributed by atoms with Gasteiger partial charge in [0, 0.05) is 25.2 Å². The number of hydrogen-bond donors (Lipinski definition) is 2. The first kappa shape index (κ1) is 15.2. The number of hydrogen-bond acceptors (Lipinski definition) is 3. The fourth-order valence-corrected chi connectivity index (χ4v) is 1.98. The molecule has 1 aromatic rings. The molecular formula is C13H21N3O3. The molecule has 1 aromatic heterocycles. The third-order valence-corrected chi connectivity index (χ3v) is 2.90. The molecule has 1 heterocycles. The second-order valence-corrected chi connectivity index (χ2v) is 4.52. The number of nitrogens with one attached hydrogen (secondary N) is 1. The number of carbonyl (C=O) groups excluding carboxylic acids is 1. The Morgan fingerprint density at radius 3 is 2.63 bits per heavy atom. The molecule has 0 atom stereocenters. The molecule has 0 aromatic carbocycles. The fourth-order valence-electron chi connectivity index (χ4n) is 1.98. The summed E-state index contributed by atoms with van der Waals surface area (Å²) in [7, 11) is 0. The number of aryl methyl sites for hydroxylation is 2. The van der Waals surface area contributed by atoms with Crippen LogP contribution in [0.3, 0.4) is 0 Å². The van der Waals surface area contributed by atoms with Gasteiger partial charge in [0.15, 0.2) is 0 Å². The minimum atomic E-state index is -0.850. The van der Waals surface area contributed by atoms with Gasteiger partial charge in [-0.1, -0.05) is 6.92 Å². The number of carbonyl (C=O) groups is 2. The number of amides is 1. The zero-order valence-corrected chi connectivity index (χ0v) is 11.7. The van der Waals surface area contributed by atoms with Crippen LogP contribution < -0.4 is 5.32 Å². The molecule has 1 amide bonds. The van der Waals surface area contributed by atoms with Crippen LogP contribution in [0.5, 0.6) is 0 Å². The largest absolute Gasteiger partial charge is 0.481 e. The van der Waals surface area contributed by atoms with E-state index in [2.05, 4.69) is 17.3 Å². The van der Waals surface area contributed by atoms with Crippen molar-refractivity contribution in [3.8, 4) is 0 Å². The summed E-state index contributed by atoms with van der Waals surface area (Å²) in [6, 6.07) is 0. The van der Waals surface area contributed by atoms with Gasteiger partial charge in [-0.15, -0.1) is 0 Å². The molecule has 6 heteroatoms. The molecule has 0 aliphatic rings. The molecule has 1 rings (SSSR count). The first-order chi connectivity index (χ1) is 8.97. The Morgan fingerprint density at radius 1 is 1.37 bits per heavy atom. The van der Waals surface area contributed by atoms with Crippen molar-refractivity contribution in [3.05, 3.63) is 17.0 Å². The summed E-state index contributed by atoms with van der Waals surface area (Å²) in [6.07, 6.45) is 1.46. The van der Waals surface area contributed by atoms with E-state index in [1.54, 1.807) is 0 Å². The van der Waals surface area contributed by atoms with E-state index >= 15 is 0 Å². The fraction of sp³-hybridized carbons (Fsp3) is 0.615. The molecule has 0 aliphatic heterocycles. The van der Waals surface area contributed by atoms with Crippen LogP contribution >= 0.6 is 0 Å². The Labute approximate surface area is 112 Å². The zero-order valence-electron chi connectivity index (χ0n) is 11.7. The quantitative estimate of drug-likeness (QED) is 0.733. The number of carboxylic acid groups (broad SMARTS) is 1. The summed E-state index contributed by atoms with van der Waals surface area (Å²) in [5.41, 5.74) is 2.17. The highest BCUT2D eigenvalue weighted by Crippen LogP contribution is 2.13.